The van der Waals surface area contributed by atoms with Crippen LogP contribution in [-0.4, -0.2) is 20.9 Å². The number of sulfonamides is 1. The molecular formula is C18H22N2O4S. The molecule has 6 nitrogen and oxygen atoms in total. The van der Waals surface area contributed by atoms with Gasteiger partial charge in [0.1, 0.15) is 11.5 Å². The van der Waals surface area contributed by atoms with Crippen molar-refractivity contribution in [1.29, 1.82) is 0 Å². The van der Waals surface area contributed by atoms with Crippen molar-refractivity contribution in [2.24, 2.45) is 0 Å². The molecule has 0 saturated heterocycles. The maximum atomic E-state index is 11.9. The Labute approximate surface area is 148 Å². The summed E-state index contributed by atoms with van der Waals surface area (Å²) in [6.07, 6.45) is 1.55. The number of carbonyl (C=O) groups excluding carboxylic acids is 1. The van der Waals surface area contributed by atoms with Crippen molar-refractivity contribution in [2.45, 2.75) is 26.3 Å². The third-order valence-electron chi connectivity index (χ3n) is 3.46. The van der Waals surface area contributed by atoms with Crippen LogP contribution in [-0.2, 0) is 14.8 Å². The Kier molecular flexibility index (Phi) is 6.55. The van der Waals surface area contributed by atoms with E-state index in [2.05, 4.69) is 10.0 Å². The zero-order valence-electron chi connectivity index (χ0n) is 14.2. The Morgan fingerprint density at radius 3 is 2.56 bits per heavy atom. The zero-order chi connectivity index (χ0) is 18.3. The fourth-order valence-corrected chi connectivity index (χ4v) is 2.98. The van der Waals surface area contributed by atoms with Crippen LogP contribution in [0.1, 0.15) is 36.5 Å². The Balaban J connectivity index is 1.77. The molecule has 0 saturated carbocycles. The van der Waals surface area contributed by atoms with E-state index in [0.717, 1.165) is 16.7 Å². The van der Waals surface area contributed by atoms with Crippen molar-refractivity contribution < 1.29 is 17.6 Å². The lowest BCUT2D eigenvalue weighted by Gasteiger charge is -2.11. The predicted molar refractivity (Wildman–Crippen MR) is 97.0 cm³/mol. The lowest BCUT2D eigenvalue weighted by atomic mass is 10.2. The van der Waals surface area contributed by atoms with Crippen LogP contribution in [0.4, 0.5) is 0 Å². The van der Waals surface area contributed by atoms with Gasteiger partial charge < -0.3 is 9.73 Å². The molecule has 134 valence electrons. The molecule has 1 heterocycles. The SMILES string of the molecule is Cc1ccc(C(C)NC(=O)CCNS(=O)(=O)/C=C/c2ccccc2)o1. The van der Waals surface area contributed by atoms with E-state index in [-0.39, 0.29) is 24.9 Å². The second-order valence-electron chi connectivity index (χ2n) is 5.64. The molecule has 0 fully saturated rings. The van der Waals surface area contributed by atoms with Gasteiger partial charge in [-0.15, -0.1) is 0 Å². The van der Waals surface area contributed by atoms with Gasteiger partial charge in [-0.25, -0.2) is 13.1 Å². The standard InChI is InChI=1S/C18H22N2O4S/c1-14-8-9-17(24-14)15(2)20-18(21)10-12-19-25(22,23)13-11-16-6-4-3-5-7-16/h3-9,11,13,15,19H,10,12H2,1-2H3,(H,20,21)/b13-11+. The summed E-state index contributed by atoms with van der Waals surface area (Å²) in [4.78, 5) is 11.9. The van der Waals surface area contributed by atoms with Crippen LogP contribution in [0.5, 0.6) is 0 Å². The molecule has 7 heteroatoms. The molecule has 25 heavy (non-hydrogen) atoms. The lowest BCUT2D eigenvalue weighted by Crippen LogP contribution is -2.31. The molecule has 2 aromatic rings. The fourth-order valence-electron chi connectivity index (χ4n) is 2.16. The molecule has 1 amide bonds. The van der Waals surface area contributed by atoms with Gasteiger partial charge in [0.15, 0.2) is 0 Å². The van der Waals surface area contributed by atoms with Crippen molar-refractivity contribution >= 4 is 22.0 Å². The highest BCUT2D eigenvalue weighted by Gasteiger charge is 2.13. The first kappa shape index (κ1) is 19.0. The second-order valence-corrected chi connectivity index (χ2v) is 7.29. The Morgan fingerprint density at radius 2 is 1.92 bits per heavy atom. The molecular weight excluding hydrogens is 340 g/mol. The van der Waals surface area contributed by atoms with Gasteiger partial charge >= 0.3 is 0 Å². The lowest BCUT2D eigenvalue weighted by molar-refractivity contribution is -0.121. The van der Waals surface area contributed by atoms with Crippen molar-refractivity contribution in [2.75, 3.05) is 6.54 Å². The molecule has 1 atom stereocenters. The van der Waals surface area contributed by atoms with Crippen molar-refractivity contribution in [3.05, 3.63) is 65.0 Å². The minimum Gasteiger partial charge on any atom is -0.464 e. The number of hydrogen-bond donors (Lipinski definition) is 2. The summed E-state index contributed by atoms with van der Waals surface area (Å²) >= 11 is 0. The Bertz CT molecular complexity index is 826. The molecule has 1 unspecified atom stereocenters. The van der Waals surface area contributed by atoms with E-state index in [9.17, 15) is 13.2 Å². The first-order valence-electron chi connectivity index (χ1n) is 7.94. The van der Waals surface area contributed by atoms with E-state index in [1.807, 2.05) is 38.1 Å². The molecule has 0 aliphatic rings. The van der Waals surface area contributed by atoms with E-state index >= 15 is 0 Å². The van der Waals surface area contributed by atoms with Crippen LogP contribution >= 0.6 is 0 Å². The number of furan rings is 1. The summed E-state index contributed by atoms with van der Waals surface area (Å²) in [5.41, 5.74) is 0.785. The Morgan fingerprint density at radius 1 is 1.20 bits per heavy atom. The number of aryl methyl sites for hydroxylation is 1. The van der Waals surface area contributed by atoms with Gasteiger partial charge in [-0.05, 0) is 37.6 Å². The summed E-state index contributed by atoms with van der Waals surface area (Å²) in [7, 11) is -3.58. The third kappa shape index (κ3) is 6.56. The molecule has 0 spiro atoms. The van der Waals surface area contributed by atoms with E-state index in [1.54, 1.807) is 18.2 Å². The van der Waals surface area contributed by atoms with Crippen LogP contribution in [0.25, 0.3) is 6.08 Å². The number of nitrogens with one attached hydrogen (secondary N) is 2. The first-order valence-corrected chi connectivity index (χ1v) is 9.49. The topological polar surface area (TPSA) is 88.4 Å². The highest BCUT2D eigenvalue weighted by atomic mass is 32.2. The molecule has 2 N–H and O–H groups in total. The van der Waals surface area contributed by atoms with Gasteiger partial charge in [-0.1, -0.05) is 30.3 Å². The van der Waals surface area contributed by atoms with Gasteiger partial charge in [0.2, 0.25) is 15.9 Å². The van der Waals surface area contributed by atoms with Gasteiger partial charge in [0.25, 0.3) is 0 Å². The first-order chi connectivity index (χ1) is 11.9. The molecule has 0 radical (unpaired) electrons. The third-order valence-corrected chi connectivity index (χ3v) is 4.56. The summed E-state index contributed by atoms with van der Waals surface area (Å²) < 4.78 is 31.6. The van der Waals surface area contributed by atoms with Crippen LogP contribution in [0.2, 0.25) is 0 Å². The van der Waals surface area contributed by atoms with E-state index in [1.165, 1.54) is 6.08 Å². The zero-order valence-corrected chi connectivity index (χ0v) is 15.0. The Hall–Kier alpha value is -2.38. The quantitative estimate of drug-likeness (QED) is 0.756. The van der Waals surface area contributed by atoms with Crippen molar-refractivity contribution in [3.63, 3.8) is 0 Å². The largest absolute Gasteiger partial charge is 0.464 e. The van der Waals surface area contributed by atoms with E-state index in [4.69, 9.17) is 4.42 Å². The average molecular weight is 362 g/mol. The van der Waals surface area contributed by atoms with Crippen LogP contribution < -0.4 is 10.0 Å². The smallest absolute Gasteiger partial charge is 0.233 e. The predicted octanol–water partition coefficient (Wildman–Crippen LogP) is 2.75. The minimum absolute atomic E-state index is 0.0250. The second kappa shape index (κ2) is 8.64. The molecule has 0 bridgehead atoms. The molecule has 1 aromatic heterocycles. The highest BCUT2D eigenvalue weighted by molar-refractivity contribution is 7.92. The summed E-state index contributed by atoms with van der Waals surface area (Å²) in [6, 6.07) is 12.5. The molecule has 1 aromatic carbocycles. The monoisotopic (exact) mass is 362 g/mol. The van der Waals surface area contributed by atoms with E-state index < -0.39 is 10.0 Å². The van der Waals surface area contributed by atoms with E-state index in [0.29, 0.717) is 5.76 Å². The maximum Gasteiger partial charge on any atom is 0.233 e. The number of carbonyl (C=O) groups is 1. The maximum absolute atomic E-state index is 11.9. The number of rotatable bonds is 8. The molecule has 2 rings (SSSR count). The number of hydrogen-bond acceptors (Lipinski definition) is 4. The highest BCUT2D eigenvalue weighted by Crippen LogP contribution is 2.15. The number of amides is 1. The van der Waals surface area contributed by atoms with Crippen LogP contribution in [0, 0.1) is 6.92 Å². The fraction of sp³-hybridized carbons (Fsp3) is 0.278. The molecule has 0 aliphatic carbocycles. The molecule has 0 aliphatic heterocycles. The summed E-state index contributed by atoms with van der Waals surface area (Å²) in [5.74, 6) is 1.18. The normalized spacial score (nSPS) is 13.0. The van der Waals surface area contributed by atoms with Gasteiger partial charge in [0, 0.05) is 18.4 Å². The van der Waals surface area contributed by atoms with Crippen molar-refractivity contribution in [1.82, 2.24) is 10.0 Å². The average Bonchev–Trinajstić information content (AvgIpc) is 3.00. The minimum atomic E-state index is -3.58. The summed E-state index contributed by atoms with van der Waals surface area (Å²) in [6.45, 7) is 3.66. The van der Waals surface area contributed by atoms with Gasteiger partial charge in [-0.2, -0.15) is 0 Å². The number of benzene rings is 1. The summed E-state index contributed by atoms with van der Waals surface area (Å²) in [5, 5.41) is 3.86. The van der Waals surface area contributed by atoms with Crippen LogP contribution in [0.15, 0.2) is 52.3 Å². The van der Waals surface area contributed by atoms with Gasteiger partial charge in [0.05, 0.1) is 6.04 Å². The van der Waals surface area contributed by atoms with Crippen molar-refractivity contribution in [3.8, 4) is 0 Å². The van der Waals surface area contributed by atoms with Gasteiger partial charge in [-0.3, -0.25) is 4.79 Å². The van der Waals surface area contributed by atoms with Crippen LogP contribution in [0.3, 0.4) is 0 Å².